The van der Waals surface area contributed by atoms with Crippen LogP contribution in [0, 0.1) is 0 Å². The van der Waals surface area contributed by atoms with Crippen molar-refractivity contribution in [2.24, 2.45) is 0 Å². The molecular weight excluding hydrogens is 310 g/mol. The van der Waals surface area contributed by atoms with E-state index in [1.54, 1.807) is 0 Å². The topological polar surface area (TPSA) is 77.5 Å². The van der Waals surface area contributed by atoms with Crippen LogP contribution in [0.1, 0.15) is 20.7 Å². The van der Waals surface area contributed by atoms with Crippen molar-refractivity contribution in [1.82, 2.24) is 4.98 Å². The molecule has 0 aliphatic carbocycles. The zero-order valence-electron chi connectivity index (χ0n) is 12.0. The molecule has 0 aliphatic heterocycles. The minimum Gasteiger partial charge on any atom is -0.465 e. The molecule has 2 rings (SSSR count). The first-order valence-corrected chi connectivity index (χ1v) is 6.41. The quantitative estimate of drug-likeness (QED) is 0.857. The number of amides is 1. The molecular formula is C15H12F2N2O4. The first kappa shape index (κ1) is 16.3. The smallest absolute Gasteiger partial charge is 0.387 e. The Hall–Kier alpha value is -3.03. The summed E-state index contributed by atoms with van der Waals surface area (Å²) < 4.78 is 33.4. The third-order valence-electron chi connectivity index (χ3n) is 2.79. The lowest BCUT2D eigenvalue weighted by molar-refractivity contribution is -0.0495. The second kappa shape index (κ2) is 7.30. The number of carbonyl (C=O) groups excluding carboxylic acids is 2. The van der Waals surface area contributed by atoms with Gasteiger partial charge in [-0.15, -0.1) is 0 Å². The highest BCUT2D eigenvalue weighted by Gasteiger charge is 2.14. The Balaban J connectivity index is 2.15. The molecule has 0 unspecified atom stereocenters. The molecule has 0 aliphatic rings. The number of carbonyl (C=O) groups is 2. The van der Waals surface area contributed by atoms with Crippen LogP contribution in [0.15, 0.2) is 42.6 Å². The van der Waals surface area contributed by atoms with Crippen molar-refractivity contribution >= 4 is 17.7 Å². The Kier molecular flexibility index (Phi) is 5.19. The average Bonchev–Trinajstić information content (AvgIpc) is 2.55. The van der Waals surface area contributed by atoms with Crippen molar-refractivity contribution < 1.29 is 27.8 Å². The number of halogens is 2. The summed E-state index contributed by atoms with van der Waals surface area (Å²) in [4.78, 5) is 27.2. The molecule has 0 spiro atoms. The zero-order chi connectivity index (χ0) is 16.8. The number of pyridine rings is 1. The van der Waals surface area contributed by atoms with E-state index < -0.39 is 18.5 Å². The molecule has 0 saturated carbocycles. The van der Waals surface area contributed by atoms with Crippen molar-refractivity contribution in [2.45, 2.75) is 6.61 Å². The Morgan fingerprint density at radius 2 is 1.78 bits per heavy atom. The summed E-state index contributed by atoms with van der Waals surface area (Å²) >= 11 is 0. The maximum Gasteiger partial charge on any atom is 0.387 e. The van der Waals surface area contributed by atoms with Crippen molar-refractivity contribution in [3.05, 3.63) is 53.7 Å². The molecule has 0 atom stereocenters. The van der Waals surface area contributed by atoms with Crippen LogP contribution in [0.25, 0.3) is 0 Å². The molecule has 120 valence electrons. The van der Waals surface area contributed by atoms with E-state index in [2.05, 4.69) is 19.8 Å². The van der Waals surface area contributed by atoms with Crippen LogP contribution in [0.3, 0.4) is 0 Å². The van der Waals surface area contributed by atoms with Gasteiger partial charge in [0.15, 0.2) is 11.6 Å². The van der Waals surface area contributed by atoms with Gasteiger partial charge in [0, 0.05) is 11.8 Å². The standard InChI is InChI=1S/C15H12F2N2O4/c1-22-14(21)10-6-4-9(5-7-10)13(20)19-12-11(23-15(16)17)3-2-8-18-12/h2-8,15H,1H3,(H,18,19,20). The number of ether oxygens (including phenoxy) is 2. The largest absolute Gasteiger partial charge is 0.465 e. The minimum absolute atomic E-state index is 0.130. The molecule has 2 aromatic rings. The van der Waals surface area contributed by atoms with Crippen LogP contribution in [0.5, 0.6) is 5.75 Å². The second-order valence-electron chi connectivity index (χ2n) is 4.25. The first-order valence-electron chi connectivity index (χ1n) is 6.41. The molecule has 1 aromatic heterocycles. The Labute approximate surface area is 130 Å². The Morgan fingerprint density at radius 1 is 1.13 bits per heavy atom. The van der Waals surface area contributed by atoms with Gasteiger partial charge >= 0.3 is 12.6 Å². The number of nitrogens with one attached hydrogen (secondary N) is 1. The average molecular weight is 322 g/mol. The van der Waals surface area contributed by atoms with Crippen molar-refractivity contribution in [1.29, 1.82) is 0 Å². The predicted molar refractivity (Wildman–Crippen MR) is 76.6 cm³/mol. The lowest BCUT2D eigenvalue weighted by Gasteiger charge is -2.10. The highest BCUT2D eigenvalue weighted by Crippen LogP contribution is 2.23. The molecule has 0 bridgehead atoms. The SMILES string of the molecule is COC(=O)c1ccc(C(=O)Nc2ncccc2OC(F)F)cc1. The number of alkyl halides is 2. The number of methoxy groups -OCH3 is 1. The number of esters is 1. The van der Waals surface area contributed by atoms with Gasteiger partial charge in [-0.2, -0.15) is 8.78 Å². The number of anilines is 1. The van der Waals surface area contributed by atoms with Crippen molar-refractivity contribution in [2.75, 3.05) is 12.4 Å². The summed E-state index contributed by atoms with van der Waals surface area (Å²) in [6.07, 6.45) is 1.33. The summed E-state index contributed by atoms with van der Waals surface area (Å²) in [6.45, 7) is -3.03. The monoisotopic (exact) mass is 322 g/mol. The van der Waals surface area contributed by atoms with E-state index in [0.29, 0.717) is 0 Å². The molecule has 0 radical (unpaired) electrons. The summed E-state index contributed by atoms with van der Waals surface area (Å²) in [6, 6.07) is 8.29. The summed E-state index contributed by atoms with van der Waals surface area (Å²) in [5, 5.41) is 2.37. The van der Waals surface area contributed by atoms with Crippen molar-refractivity contribution in [3.63, 3.8) is 0 Å². The number of rotatable bonds is 5. The van der Waals surface area contributed by atoms with E-state index >= 15 is 0 Å². The number of hydrogen-bond acceptors (Lipinski definition) is 5. The Morgan fingerprint density at radius 3 is 2.39 bits per heavy atom. The molecule has 0 saturated heterocycles. The maximum atomic E-state index is 12.3. The second-order valence-corrected chi connectivity index (χ2v) is 4.25. The van der Waals surface area contributed by atoms with Crippen LogP contribution in [0.2, 0.25) is 0 Å². The van der Waals surface area contributed by atoms with E-state index in [1.165, 1.54) is 49.7 Å². The van der Waals surface area contributed by atoms with Gasteiger partial charge in [-0.05, 0) is 36.4 Å². The molecule has 1 amide bonds. The normalized spacial score (nSPS) is 10.3. The Bertz CT molecular complexity index is 705. The van der Waals surface area contributed by atoms with Crippen LogP contribution in [0.4, 0.5) is 14.6 Å². The maximum absolute atomic E-state index is 12.3. The van der Waals surface area contributed by atoms with E-state index in [-0.39, 0.29) is 22.7 Å². The van der Waals surface area contributed by atoms with Gasteiger partial charge in [0.25, 0.3) is 5.91 Å². The fourth-order valence-corrected chi connectivity index (χ4v) is 1.73. The number of benzene rings is 1. The van der Waals surface area contributed by atoms with Gasteiger partial charge in [0.1, 0.15) is 0 Å². The first-order chi connectivity index (χ1) is 11.0. The molecule has 1 N–H and O–H groups in total. The summed E-state index contributed by atoms with van der Waals surface area (Å²) in [7, 11) is 1.24. The van der Waals surface area contributed by atoms with Crippen molar-refractivity contribution in [3.8, 4) is 5.75 Å². The van der Waals surface area contributed by atoms with E-state index in [0.717, 1.165) is 0 Å². The van der Waals surface area contributed by atoms with Gasteiger partial charge in [0.2, 0.25) is 0 Å². The molecule has 1 heterocycles. The van der Waals surface area contributed by atoms with E-state index in [9.17, 15) is 18.4 Å². The van der Waals surface area contributed by atoms with Gasteiger partial charge in [-0.3, -0.25) is 4.79 Å². The molecule has 6 nitrogen and oxygen atoms in total. The summed E-state index contributed by atoms with van der Waals surface area (Å²) in [5.41, 5.74) is 0.495. The molecule has 23 heavy (non-hydrogen) atoms. The third kappa shape index (κ3) is 4.22. The molecule has 0 fully saturated rings. The third-order valence-corrected chi connectivity index (χ3v) is 2.79. The number of aromatic nitrogens is 1. The fourth-order valence-electron chi connectivity index (χ4n) is 1.73. The van der Waals surface area contributed by atoms with Gasteiger partial charge in [-0.1, -0.05) is 0 Å². The van der Waals surface area contributed by atoms with Gasteiger partial charge in [0.05, 0.1) is 12.7 Å². The predicted octanol–water partition coefficient (Wildman–Crippen LogP) is 2.72. The van der Waals surface area contributed by atoms with Gasteiger partial charge < -0.3 is 14.8 Å². The minimum atomic E-state index is -3.03. The van der Waals surface area contributed by atoms with Crippen LogP contribution in [-0.4, -0.2) is 30.6 Å². The number of hydrogen-bond donors (Lipinski definition) is 1. The zero-order valence-corrected chi connectivity index (χ0v) is 12.0. The van der Waals surface area contributed by atoms with Crippen LogP contribution in [-0.2, 0) is 4.74 Å². The van der Waals surface area contributed by atoms with Crippen LogP contribution < -0.4 is 10.1 Å². The highest BCUT2D eigenvalue weighted by molar-refractivity contribution is 6.05. The highest BCUT2D eigenvalue weighted by atomic mass is 19.3. The molecule has 8 heteroatoms. The lowest BCUT2D eigenvalue weighted by atomic mass is 10.1. The lowest BCUT2D eigenvalue weighted by Crippen LogP contribution is -2.15. The van der Waals surface area contributed by atoms with Crippen LogP contribution >= 0.6 is 0 Å². The summed E-state index contributed by atoms with van der Waals surface area (Å²) in [5.74, 6) is -1.49. The fraction of sp³-hybridized carbons (Fsp3) is 0.133. The van der Waals surface area contributed by atoms with Gasteiger partial charge in [-0.25, -0.2) is 9.78 Å². The van der Waals surface area contributed by atoms with E-state index in [1.807, 2.05) is 0 Å². The molecule has 1 aromatic carbocycles. The van der Waals surface area contributed by atoms with E-state index in [4.69, 9.17) is 0 Å². The number of nitrogens with zero attached hydrogens (tertiary/aromatic N) is 1.